The van der Waals surface area contributed by atoms with Gasteiger partial charge in [0.15, 0.2) is 5.69 Å². The van der Waals surface area contributed by atoms with Crippen molar-refractivity contribution < 1.29 is 32.9 Å². The van der Waals surface area contributed by atoms with Gasteiger partial charge in [0.1, 0.15) is 11.9 Å². The number of ether oxygens (including phenoxy) is 1. The molecule has 0 radical (unpaired) electrons. The lowest BCUT2D eigenvalue weighted by atomic mass is 10.00. The number of nitrogens with two attached hydrogens (primary N) is 1. The molecule has 6 nitrogen and oxygen atoms in total. The van der Waals surface area contributed by atoms with Gasteiger partial charge in [-0.1, -0.05) is 6.07 Å². The quantitative estimate of drug-likeness (QED) is 0.704. The first-order valence-electron chi connectivity index (χ1n) is 5.43. The largest absolute Gasteiger partial charge is 0.469 e. The average Bonchev–Trinajstić information content (AvgIpc) is 2.36. The van der Waals surface area contributed by atoms with Crippen molar-refractivity contribution in [3.63, 3.8) is 0 Å². The number of nitrogens with zero attached hydrogens (tertiary/aromatic N) is 1. The zero-order chi connectivity index (χ0) is 15.5. The van der Waals surface area contributed by atoms with Crippen molar-refractivity contribution in [3.8, 4) is 0 Å². The fourth-order valence-corrected chi connectivity index (χ4v) is 1.52. The molecular formula is C11H13F3N2O4. The number of halogens is 3. The molecule has 0 aliphatic carbocycles. The number of pyridine rings is 1. The number of anilines is 1. The van der Waals surface area contributed by atoms with E-state index in [1.807, 2.05) is 0 Å². The number of esters is 1. The maximum Gasteiger partial charge on any atom is 0.433 e. The molecule has 112 valence electrons. The van der Waals surface area contributed by atoms with Crippen molar-refractivity contribution in [2.45, 2.75) is 24.8 Å². The summed E-state index contributed by atoms with van der Waals surface area (Å²) in [7, 11) is 1.05. The van der Waals surface area contributed by atoms with Gasteiger partial charge in [0, 0.05) is 5.56 Å². The third-order valence-electron chi connectivity index (χ3n) is 2.50. The molecule has 0 fully saturated rings. The molecule has 0 aromatic carbocycles. The van der Waals surface area contributed by atoms with E-state index in [4.69, 9.17) is 5.73 Å². The van der Waals surface area contributed by atoms with E-state index in [0.717, 1.165) is 19.2 Å². The summed E-state index contributed by atoms with van der Waals surface area (Å²) in [6.07, 6.45) is -9.21. The maximum atomic E-state index is 12.8. The second-order valence-corrected chi connectivity index (χ2v) is 3.96. The second-order valence-electron chi connectivity index (χ2n) is 3.96. The number of aromatic nitrogens is 1. The minimum absolute atomic E-state index is 0.379. The highest BCUT2D eigenvalue weighted by atomic mass is 19.4. The molecule has 1 aromatic rings. The molecule has 0 amide bonds. The van der Waals surface area contributed by atoms with Gasteiger partial charge in [0.25, 0.3) is 0 Å². The van der Waals surface area contributed by atoms with Crippen LogP contribution in [0.25, 0.3) is 0 Å². The van der Waals surface area contributed by atoms with Crippen LogP contribution in [0.3, 0.4) is 0 Å². The summed E-state index contributed by atoms with van der Waals surface area (Å²) >= 11 is 0. The molecule has 0 bridgehead atoms. The van der Waals surface area contributed by atoms with Crippen molar-refractivity contribution in [3.05, 3.63) is 23.4 Å². The third kappa shape index (κ3) is 3.81. The molecule has 9 heteroatoms. The van der Waals surface area contributed by atoms with E-state index in [9.17, 15) is 28.2 Å². The molecule has 20 heavy (non-hydrogen) atoms. The smallest absolute Gasteiger partial charge is 0.433 e. The third-order valence-corrected chi connectivity index (χ3v) is 2.50. The van der Waals surface area contributed by atoms with Gasteiger partial charge < -0.3 is 20.7 Å². The first kappa shape index (κ1) is 16.2. The Morgan fingerprint density at radius 2 is 2.05 bits per heavy atom. The summed E-state index contributed by atoms with van der Waals surface area (Å²) in [6, 6.07) is 1.95. The Labute approximate surface area is 112 Å². The Bertz CT molecular complexity index is 493. The lowest BCUT2D eigenvalue weighted by molar-refractivity contribution is -0.146. The number of aliphatic hydroxyl groups is 2. The number of methoxy groups -OCH3 is 1. The number of aliphatic hydroxyl groups excluding tert-OH is 2. The number of hydrogen-bond donors (Lipinski definition) is 3. The molecule has 0 saturated heterocycles. The van der Waals surface area contributed by atoms with Crippen LogP contribution in [0.4, 0.5) is 19.0 Å². The van der Waals surface area contributed by atoms with Gasteiger partial charge >= 0.3 is 12.1 Å². The Balaban J connectivity index is 3.09. The highest BCUT2D eigenvalue weighted by Crippen LogP contribution is 2.35. The van der Waals surface area contributed by atoms with E-state index in [2.05, 4.69) is 9.72 Å². The molecule has 0 aliphatic rings. The Morgan fingerprint density at radius 3 is 2.55 bits per heavy atom. The highest BCUT2D eigenvalue weighted by Gasteiger charge is 2.38. The first-order chi connectivity index (χ1) is 9.16. The molecule has 0 aliphatic heterocycles. The van der Waals surface area contributed by atoms with E-state index in [-0.39, 0.29) is 5.82 Å². The summed E-state index contributed by atoms with van der Waals surface area (Å²) in [6.45, 7) is 0. The SMILES string of the molecule is COC(=O)CC(O)C(O)c1ccc(N)nc1C(F)(F)F. The molecule has 1 heterocycles. The van der Waals surface area contributed by atoms with Crippen molar-refractivity contribution in [1.29, 1.82) is 0 Å². The van der Waals surface area contributed by atoms with Crippen LogP contribution in [0.2, 0.25) is 0 Å². The van der Waals surface area contributed by atoms with E-state index in [1.54, 1.807) is 0 Å². The van der Waals surface area contributed by atoms with E-state index >= 15 is 0 Å². The highest BCUT2D eigenvalue weighted by molar-refractivity contribution is 5.69. The van der Waals surface area contributed by atoms with Crippen LogP contribution in [0.15, 0.2) is 12.1 Å². The molecule has 1 rings (SSSR count). The summed E-state index contributed by atoms with van der Waals surface area (Å²) < 4.78 is 42.6. The first-order valence-corrected chi connectivity index (χ1v) is 5.43. The van der Waals surface area contributed by atoms with Crippen LogP contribution in [-0.2, 0) is 15.7 Å². The van der Waals surface area contributed by atoms with Crippen molar-refractivity contribution >= 4 is 11.8 Å². The van der Waals surface area contributed by atoms with Crippen molar-refractivity contribution in [2.24, 2.45) is 0 Å². The molecule has 4 N–H and O–H groups in total. The van der Waals surface area contributed by atoms with Gasteiger partial charge in [-0.15, -0.1) is 0 Å². The van der Waals surface area contributed by atoms with Crippen molar-refractivity contribution in [1.82, 2.24) is 4.98 Å². The lowest BCUT2D eigenvalue weighted by Crippen LogP contribution is -2.25. The van der Waals surface area contributed by atoms with E-state index < -0.39 is 42.0 Å². The molecule has 2 atom stereocenters. The fraction of sp³-hybridized carbons (Fsp3) is 0.455. The van der Waals surface area contributed by atoms with Gasteiger partial charge in [-0.3, -0.25) is 4.79 Å². The lowest BCUT2D eigenvalue weighted by Gasteiger charge is -2.20. The number of nitrogen functional groups attached to an aromatic ring is 1. The summed E-state index contributed by atoms with van der Waals surface area (Å²) in [4.78, 5) is 14.1. The fourth-order valence-electron chi connectivity index (χ4n) is 1.52. The average molecular weight is 294 g/mol. The van der Waals surface area contributed by atoms with Crippen LogP contribution in [-0.4, -0.2) is 34.4 Å². The Morgan fingerprint density at radius 1 is 1.45 bits per heavy atom. The summed E-state index contributed by atoms with van der Waals surface area (Å²) in [5.41, 5.74) is 3.10. The van der Waals surface area contributed by atoms with E-state index in [1.165, 1.54) is 0 Å². The maximum absolute atomic E-state index is 12.8. The van der Waals surface area contributed by atoms with Crippen LogP contribution >= 0.6 is 0 Å². The van der Waals surface area contributed by atoms with Gasteiger partial charge in [-0.2, -0.15) is 13.2 Å². The number of carbonyl (C=O) groups is 1. The predicted octanol–water partition coefficient (Wildman–Crippen LogP) is 0.640. The van der Waals surface area contributed by atoms with E-state index in [0.29, 0.717) is 0 Å². The van der Waals surface area contributed by atoms with Gasteiger partial charge in [-0.25, -0.2) is 4.98 Å². The van der Waals surface area contributed by atoms with Gasteiger partial charge in [-0.05, 0) is 6.07 Å². The minimum Gasteiger partial charge on any atom is -0.469 e. The molecule has 2 unspecified atom stereocenters. The Kier molecular flexibility index (Phi) is 4.90. The monoisotopic (exact) mass is 294 g/mol. The predicted molar refractivity (Wildman–Crippen MR) is 61.3 cm³/mol. The second kappa shape index (κ2) is 6.06. The van der Waals surface area contributed by atoms with Crippen LogP contribution < -0.4 is 5.73 Å². The van der Waals surface area contributed by atoms with Crippen LogP contribution in [0, 0.1) is 0 Å². The van der Waals surface area contributed by atoms with Crippen LogP contribution in [0.5, 0.6) is 0 Å². The number of carbonyl (C=O) groups excluding carboxylic acids is 1. The van der Waals surface area contributed by atoms with Gasteiger partial charge in [0.05, 0.1) is 19.6 Å². The summed E-state index contributed by atoms with van der Waals surface area (Å²) in [5.74, 6) is -1.25. The molecule has 0 saturated carbocycles. The zero-order valence-electron chi connectivity index (χ0n) is 10.4. The van der Waals surface area contributed by atoms with Gasteiger partial charge in [0.2, 0.25) is 0 Å². The topological polar surface area (TPSA) is 106 Å². The molecule has 0 spiro atoms. The van der Waals surface area contributed by atoms with Crippen LogP contribution in [0.1, 0.15) is 23.8 Å². The standard InChI is InChI=1S/C11H13F3N2O4/c1-20-8(18)4-6(17)9(19)5-2-3-7(15)16-10(5)11(12,13)14/h2-3,6,9,17,19H,4H2,1H3,(H2,15,16). The molecule has 1 aromatic heterocycles. The Hall–Kier alpha value is -1.87. The summed E-state index contributed by atoms with van der Waals surface area (Å²) in [5, 5.41) is 19.3. The number of hydrogen-bond acceptors (Lipinski definition) is 6. The zero-order valence-corrected chi connectivity index (χ0v) is 10.4. The minimum atomic E-state index is -4.85. The number of rotatable bonds is 4. The van der Waals surface area contributed by atoms with Crippen molar-refractivity contribution in [2.75, 3.05) is 12.8 Å². The number of alkyl halides is 3. The molecular weight excluding hydrogens is 281 g/mol. The normalized spacial score (nSPS) is 14.7.